The molecule has 1 atom stereocenters. The maximum absolute atomic E-state index is 14.2. The van der Waals surface area contributed by atoms with E-state index in [0.29, 0.717) is 39.1 Å². The van der Waals surface area contributed by atoms with Crippen LogP contribution in [0.4, 0.5) is 13.6 Å². The van der Waals surface area contributed by atoms with Gasteiger partial charge in [-0.3, -0.25) is 19.2 Å². The lowest BCUT2D eigenvalue weighted by atomic mass is 9.93. The third kappa shape index (κ3) is 8.24. The first kappa shape index (κ1) is 33.8. The molecule has 1 aromatic heterocycles. The fourth-order valence-corrected chi connectivity index (χ4v) is 5.73. The molecule has 2 N–H and O–H groups in total. The molecule has 254 valence electrons. The van der Waals surface area contributed by atoms with Gasteiger partial charge >= 0.3 is 6.09 Å². The van der Waals surface area contributed by atoms with Crippen LogP contribution in [0, 0.1) is 11.6 Å². The number of piperazine rings is 1. The Morgan fingerprint density at radius 3 is 2.34 bits per heavy atom. The topological polar surface area (TPSA) is 150 Å². The van der Waals surface area contributed by atoms with E-state index < -0.39 is 42.2 Å². The number of hydrogen-bond donors (Lipinski definition) is 2. The van der Waals surface area contributed by atoms with E-state index in [1.165, 1.54) is 20.8 Å². The van der Waals surface area contributed by atoms with E-state index in [1.54, 1.807) is 0 Å². The first-order valence-corrected chi connectivity index (χ1v) is 16.1. The number of hydrogen-bond acceptors (Lipinski definition) is 8. The number of nitrogens with one attached hydrogen (secondary N) is 2. The average Bonchev–Trinajstić information content (AvgIpc) is 3.55. The molecule has 1 aliphatic carbocycles. The predicted octanol–water partition coefficient (Wildman–Crippen LogP) is 2.36. The molecule has 13 nitrogen and oxygen atoms in total. The van der Waals surface area contributed by atoms with Crippen molar-refractivity contribution in [3.05, 3.63) is 35.5 Å². The standard InChI is InChI=1S/C32H40F2N6O7/c1-2-3-14-46-32(45)39-12-10-38(11-13-39)28(41)18-35-30(43)25-17-27(21-15-22(33)23(34)16-24(21)37-25)47-19-29(42)40-9-5-8-26(40)31(44)36-20-6-4-7-20/h15-17,20,26H,2-14,18-19H2,1H3,(H,35,43)(H,36,44)/t26-/m0/s1. The number of amides is 5. The van der Waals surface area contributed by atoms with E-state index >= 15 is 0 Å². The van der Waals surface area contributed by atoms with Gasteiger partial charge in [-0.25, -0.2) is 18.6 Å². The largest absolute Gasteiger partial charge is 0.483 e. The zero-order valence-electron chi connectivity index (χ0n) is 26.4. The zero-order chi connectivity index (χ0) is 33.5. The molecule has 2 aliphatic heterocycles. The number of unbranched alkanes of at least 4 members (excludes halogenated alkanes) is 1. The number of carbonyl (C=O) groups is 5. The minimum absolute atomic E-state index is 0.0381. The van der Waals surface area contributed by atoms with Crippen LogP contribution < -0.4 is 15.4 Å². The molecule has 47 heavy (non-hydrogen) atoms. The SMILES string of the molecule is CCCCOC(=O)N1CCN(C(=O)CNC(=O)c2cc(OCC(=O)N3CCC[C@H]3C(=O)NC3CCC3)c3cc(F)c(F)cc3n2)CC1. The monoisotopic (exact) mass is 658 g/mol. The molecule has 3 fully saturated rings. The van der Waals surface area contributed by atoms with E-state index in [9.17, 15) is 32.8 Å². The summed E-state index contributed by atoms with van der Waals surface area (Å²) >= 11 is 0. The van der Waals surface area contributed by atoms with Crippen molar-refractivity contribution in [1.29, 1.82) is 0 Å². The number of aromatic nitrogens is 1. The average molecular weight is 659 g/mol. The highest BCUT2D eigenvalue weighted by Gasteiger charge is 2.36. The molecule has 5 amide bonds. The molecule has 0 unspecified atom stereocenters. The maximum Gasteiger partial charge on any atom is 0.409 e. The number of pyridine rings is 1. The number of rotatable bonds is 11. The molecular formula is C32H40F2N6O7. The van der Waals surface area contributed by atoms with Gasteiger partial charge in [0.15, 0.2) is 18.2 Å². The lowest BCUT2D eigenvalue weighted by molar-refractivity contribution is -0.140. The number of fused-ring (bicyclic) bond motifs is 1. The van der Waals surface area contributed by atoms with Gasteiger partial charge in [-0.15, -0.1) is 0 Å². The molecular weight excluding hydrogens is 618 g/mol. The highest BCUT2D eigenvalue weighted by atomic mass is 19.2. The second-order valence-electron chi connectivity index (χ2n) is 12.0. The number of carbonyl (C=O) groups excluding carboxylic acids is 5. The summed E-state index contributed by atoms with van der Waals surface area (Å²) in [5.41, 5.74) is -0.330. The molecule has 15 heteroatoms. The minimum atomic E-state index is -1.19. The zero-order valence-corrected chi connectivity index (χ0v) is 26.4. The summed E-state index contributed by atoms with van der Waals surface area (Å²) in [5, 5.41) is 5.51. The van der Waals surface area contributed by atoms with Gasteiger partial charge < -0.3 is 34.8 Å². The van der Waals surface area contributed by atoms with Crippen molar-refractivity contribution in [2.45, 2.75) is 64.0 Å². The van der Waals surface area contributed by atoms with Gasteiger partial charge in [-0.05, 0) is 44.6 Å². The van der Waals surface area contributed by atoms with Crippen molar-refractivity contribution in [1.82, 2.24) is 30.3 Å². The van der Waals surface area contributed by atoms with Crippen LogP contribution in [-0.2, 0) is 19.1 Å². The second-order valence-corrected chi connectivity index (χ2v) is 12.0. The van der Waals surface area contributed by atoms with Crippen LogP contribution in [0.25, 0.3) is 10.9 Å². The Morgan fingerprint density at radius 1 is 0.915 bits per heavy atom. The third-order valence-electron chi connectivity index (χ3n) is 8.74. The van der Waals surface area contributed by atoms with E-state index in [2.05, 4.69) is 15.6 Å². The predicted molar refractivity (Wildman–Crippen MR) is 164 cm³/mol. The summed E-state index contributed by atoms with van der Waals surface area (Å²) in [4.78, 5) is 72.6. The lowest BCUT2D eigenvalue weighted by Crippen LogP contribution is -2.52. The Bertz CT molecular complexity index is 1510. The normalized spacial score (nSPS) is 18.1. The fourth-order valence-electron chi connectivity index (χ4n) is 5.73. The number of benzene rings is 1. The summed E-state index contributed by atoms with van der Waals surface area (Å²) in [7, 11) is 0. The maximum atomic E-state index is 14.2. The quantitative estimate of drug-likeness (QED) is 0.350. The van der Waals surface area contributed by atoms with Gasteiger partial charge in [0.05, 0.1) is 18.7 Å². The smallest absolute Gasteiger partial charge is 0.409 e. The number of nitrogens with zero attached hydrogens (tertiary/aromatic N) is 4. The Morgan fingerprint density at radius 2 is 1.64 bits per heavy atom. The fraction of sp³-hybridized carbons (Fsp3) is 0.562. The Labute approximate surface area is 270 Å². The van der Waals surface area contributed by atoms with Crippen LogP contribution in [0.3, 0.4) is 0 Å². The van der Waals surface area contributed by atoms with E-state index in [4.69, 9.17) is 9.47 Å². The first-order valence-electron chi connectivity index (χ1n) is 16.1. The van der Waals surface area contributed by atoms with Crippen molar-refractivity contribution < 1.29 is 42.2 Å². The number of halogens is 2. The molecule has 2 saturated heterocycles. The Hall–Kier alpha value is -4.56. The van der Waals surface area contributed by atoms with Crippen LogP contribution in [0.2, 0.25) is 0 Å². The van der Waals surface area contributed by atoms with Crippen LogP contribution in [0.1, 0.15) is 62.4 Å². The highest BCUT2D eigenvalue weighted by Crippen LogP contribution is 2.29. The van der Waals surface area contributed by atoms with Crippen molar-refractivity contribution in [3.63, 3.8) is 0 Å². The molecule has 2 aromatic rings. The molecule has 5 rings (SSSR count). The van der Waals surface area contributed by atoms with Crippen molar-refractivity contribution in [2.24, 2.45) is 0 Å². The van der Waals surface area contributed by atoms with Crippen LogP contribution >= 0.6 is 0 Å². The van der Waals surface area contributed by atoms with Gasteiger partial charge in [0.25, 0.3) is 11.8 Å². The van der Waals surface area contributed by atoms with Gasteiger partial charge in [-0.1, -0.05) is 13.3 Å². The van der Waals surface area contributed by atoms with Gasteiger partial charge in [0.2, 0.25) is 11.8 Å². The lowest BCUT2D eigenvalue weighted by Gasteiger charge is -2.34. The van der Waals surface area contributed by atoms with Crippen molar-refractivity contribution in [2.75, 3.05) is 52.5 Å². The highest BCUT2D eigenvalue weighted by molar-refractivity contribution is 5.98. The molecule has 0 radical (unpaired) electrons. The second kappa shape index (κ2) is 15.4. The molecule has 1 aromatic carbocycles. The summed E-state index contributed by atoms with van der Waals surface area (Å²) in [6, 6.07) is 2.39. The van der Waals surface area contributed by atoms with Gasteiger partial charge in [0, 0.05) is 56.3 Å². The third-order valence-corrected chi connectivity index (χ3v) is 8.74. The molecule has 3 heterocycles. The van der Waals surface area contributed by atoms with E-state index in [-0.39, 0.29) is 59.8 Å². The Balaban J connectivity index is 1.20. The van der Waals surface area contributed by atoms with Gasteiger partial charge in [-0.2, -0.15) is 0 Å². The van der Waals surface area contributed by atoms with Crippen molar-refractivity contribution >= 4 is 40.6 Å². The van der Waals surface area contributed by atoms with Crippen LogP contribution in [0.15, 0.2) is 18.2 Å². The summed E-state index contributed by atoms with van der Waals surface area (Å²) in [6.07, 6.45) is 5.32. The molecule has 0 bridgehead atoms. The van der Waals surface area contributed by atoms with Crippen molar-refractivity contribution in [3.8, 4) is 5.75 Å². The minimum Gasteiger partial charge on any atom is -0.483 e. The van der Waals surface area contributed by atoms with Crippen LogP contribution in [-0.4, -0.2) is 114 Å². The number of ether oxygens (including phenoxy) is 2. The summed E-state index contributed by atoms with van der Waals surface area (Å²) in [6.45, 7) is 2.95. The summed E-state index contributed by atoms with van der Waals surface area (Å²) < 4.78 is 39.3. The van der Waals surface area contributed by atoms with E-state index in [0.717, 1.165) is 44.2 Å². The first-order chi connectivity index (χ1) is 22.6. The molecule has 1 saturated carbocycles. The number of likely N-dealkylation sites (tertiary alicyclic amines) is 1. The Kier molecular flexibility index (Phi) is 11.0. The molecule has 3 aliphatic rings. The van der Waals surface area contributed by atoms with Crippen LogP contribution in [0.5, 0.6) is 5.75 Å². The summed E-state index contributed by atoms with van der Waals surface area (Å²) in [5.74, 6) is -4.26. The van der Waals surface area contributed by atoms with E-state index in [1.807, 2.05) is 6.92 Å². The molecule has 0 spiro atoms. The van der Waals surface area contributed by atoms with Gasteiger partial charge in [0.1, 0.15) is 17.5 Å².